The third kappa shape index (κ3) is 5.07. The highest BCUT2D eigenvalue weighted by Gasteiger charge is 2.33. The quantitative estimate of drug-likeness (QED) is 0.537. The molecule has 1 aliphatic rings. The maximum atomic E-state index is 13.5. The second-order valence-corrected chi connectivity index (χ2v) is 9.55. The standard InChI is InChI=1S/C22H22F2N4O5S/c1-2-32-16-5-3-15(4-6-16)21-26-27-22(33-21)25-20(29)14-9-11-28(12-10-14)34(30,31)17-7-8-18(23)19(24)13-17/h3-8,13-14H,2,9-12H2,1H3,(H,25,27,29). The summed E-state index contributed by atoms with van der Waals surface area (Å²) in [6.45, 7) is 2.55. The van der Waals surface area contributed by atoms with Crippen molar-refractivity contribution in [1.82, 2.24) is 14.5 Å². The Morgan fingerprint density at radius 1 is 1.12 bits per heavy atom. The highest BCUT2D eigenvalue weighted by atomic mass is 32.2. The van der Waals surface area contributed by atoms with Crippen LogP contribution in [0.3, 0.4) is 0 Å². The van der Waals surface area contributed by atoms with Crippen molar-refractivity contribution in [2.45, 2.75) is 24.7 Å². The van der Waals surface area contributed by atoms with Crippen LogP contribution >= 0.6 is 0 Å². The number of halogens is 2. The van der Waals surface area contributed by atoms with Crippen molar-refractivity contribution < 1.29 is 31.1 Å². The Kier molecular flexibility index (Phi) is 6.89. The number of benzene rings is 2. The largest absolute Gasteiger partial charge is 0.494 e. The molecule has 1 aromatic heterocycles. The van der Waals surface area contributed by atoms with Crippen molar-refractivity contribution in [3.05, 3.63) is 54.1 Å². The number of rotatable bonds is 7. The Hall–Kier alpha value is -3.38. The smallest absolute Gasteiger partial charge is 0.322 e. The van der Waals surface area contributed by atoms with E-state index in [2.05, 4.69) is 15.5 Å². The molecule has 34 heavy (non-hydrogen) atoms. The first-order chi connectivity index (χ1) is 16.3. The third-order valence-corrected chi connectivity index (χ3v) is 7.32. The van der Waals surface area contributed by atoms with Gasteiger partial charge in [-0.15, -0.1) is 5.10 Å². The summed E-state index contributed by atoms with van der Waals surface area (Å²) in [5.74, 6) is -2.27. The monoisotopic (exact) mass is 492 g/mol. The molecular weight excluding hydrogens is 470 g/mol. The average molecular weight is 493 g/mol. The van der Waals surface area contributed by atoms with Crippen molar-refractivity contribution in [2.24, 2.45) is 5.92 Å². The van der Waals surface area contributed by atoms with Crippen LogP contribution in [0.25, 0.3) is 11.5 Å². The number of sulfonamides is 1. The summed E-state index contributed by atoms with van der Waals surface area (Å²) in [7, 11) is -4.00. The summed E-state index contributed by atoms with van der Waals surface area (Å²) >= 11 is 0. The first kappa shape index (κ1) is 23.8. The van der Waals surface area contributed by atoms with Gasteiger partial charge in [0.15, 0.2) is 11.6 Å². The van der Waals surface area contributed by atoms with Gasteiger partial charge in [-0.05, 0) is 62.2 Å². The van der Waals surface area contributed by atoms with Crippen LogP contribution < -0.4 is 10.1 Å². The van der Waals surface area contributed by atoms with Crippen molar-refractivity contribution in [3.63, 3.8) is 0 Å². The van der Waals surface area contributed by atoms with E-state index in [9.17, 15) is 22.0 Å². The van der Waals surface area contributed by atoms with E-state index < -0.39 is 27.6 Å². The van der Waals surface area contributed by atoms with Gasteiger partial charge in [0, 0.05) is 24.6 Å². The number of nitrogens with one attached hydrogen (secondary N) is 1. The molecule has 2 heterocycles. The van der Waals surface area contributed by atoms with Crippen LogP contribution in [0.2, 0.25) is 0 Å². The Balaban J connectivity index is 1.34. The van der Waals surface area contributed by atoms with E-state index in [0.717, 1.165) is 16.4 Å². The molecule has 3 aromatic rings. The average Bonchev–Trinajstić information content (AvgIpc) is 3.30. The predicted octanol–water partition coefficient (Wildman–Crippen LogP) is 3.45. The molecule has 9 nitrogen and oxygen atoms in total. The molecule has 0 bridgehead atoms. The zero-order valence-corrected chi connectivity index (χ0v) is 19.0. The summed E-state index contributed by atoms with van der Waals surface area (Å²) in [6, 6.07) is 9.43. The van der Waals surface area contributed by atoms with Gasteiger partial charge in [0.2, 0.25) is 21.8 Å². The topological polar surface area (TPSA) is 115 Å². The molecule has 4 rings (SSSR count). The predicted molar refractivity (Wildman–Crippen MR) is 117 cm³/mol. The van der Waals surface area contributed by atoms with Gasteiger partial charge in [-0.2, -0.15) is 4.31 Å². The second kappa shape index (κ2) is 9.85. The number of ether oxygens (including phenoxy) is 1. The van der Waals surface area contributed by atoms with E-state index in [-0.39, 0.29) is 48.6 Å². The van der Waals surface area contributed by atoms with Crippen molar-refractivity contribution in [1.29, 1.82) is 0 Å². The maximum absolute atomic E-state index is 13.5. The molecule has 1 saturated heterocycles. The molecule has 1 N–H and O–H groups in total. The van der Waals surface area contributed by atoms with Crippen LogP contribution in [0, 0.1) is 17.6 Å². The van der Waals surface area contributed by atoms with E-state index in [4.69, 9.17) is 9.15 Å². The van der Waals surface area contributed by atoms with Crippen molar-refractivity contribution >= 4 is 21.9 Å². The van der Waals surface area contributed by atoms with Crippen molar-refractivity contribution in [2.75, 3.05) is 25.0 Å². The Bertz CT molecular complexity index is 1270. The van der Waals surface area contributed by atoms with Crippen LogP contribution in [-0.2, 0) is 14.8 Å². The molecule has 0 aliphatic carbocycles. The lowest BCUT2D eigenvalue weighted by atomic mass is 9.97. The molecule has 0 atom stereocenters. The number of piperidine rings is 1. The summed E-state index contributed by atoms with van der Waals surface area (Å²) in [4.78, 5) is 12.3. The minimum Gasteiger partial charge on any atom is -0.494 e. The van der Waals surface area contributed by atoms with Crippen LogP contribution in [0.4, 0.5) is 14.8 Å². The Morgan fingerprint density at radius 2 is 1.82 bits per heavy atom. The molecule has 0 radical (unpaired) electrons. The number of anilines is 1. The van der Waals surface area contributed by atoms with Gasteiger partial charge in [0.05, 0.1) is 11.5 Å². The number of nitrogens with zero attached hydrogens (tertiary/aromatic N) is 3. The van der Waals surface area contributed by atoms with Gasteiger partial charge in [0.25, 0.3) is 0 Å². The Labute approximate surface area is 194 Å². The maximum Gasteiger partial charge on any atom is 0.322 e. The molecule has 1 fully saturated rings. The highest BCUT2D eigenvalue weighted by molar-refractivity contribution is 7.89. The van der Waals surface area contributed by atoms with Gasteiger partial charge < -0.3 is 9.15 Å². The molecule has 12 heteroatoms. The molecule has 1 aliphatic heterocycles. The van der Waals surface area contributed by atoms with E-state index in [1.807, 2.05) is 6.92 Å². The lowest BCUT2D eigenvalue weighted by Crippen LogP contribution is -2.41. The van der Waals surface area contributed by atoms with E-state index in [1.54, 1.807) is 24.3 Å². The lowest BCUT2D eigenvalue weighted by molar-refractivity contribution is -0.121. The summed E-state index contributed by atoms with van der Waals surface area (Å²) in [6.07, 6.45) is 0.489. The van der Waals surface area contributed by atoms with E-state index in [1.165, 1.54) is 0 Å². The van der Waals surface area contributed by atoms with Crippen LogP contribution in [0.15, 0.2) is 51.8 Å². The Morgan fingerprint density at radius 3 is 2.47 bits per heavy atom. The van der Waals surface area contributed by atoms with Gasteiger partial charge in [-0.25, -0.2) is 17.2 Å². The first-order valence-corrected chi connectivity index (χ1v) is 12.0. The number of hydrogen-bond acceptors (Lipinski definition) is 7. The van der Waals surface area contributed by atoms with Crippen LogP contribution in [0.5, 0.6) is 5.75 Å². The normalized spacial score (nSPS) is 15.3. The number of aromatic nitrogens is 2. The molecule has 180 valence electrons. The fourth-order valence-electron chi connectivity index (χ4n) is 3.60. The molecule has 1 amide bonds. The first-order valence-electron chi connectivity index (χ1n) is 10.6. The minimum atomic E-state index is -4.00. The molecule has 0 spiro atoms. The van der Waals surface area contributed by atoms with Gasteiger partial charge in [0.1, 0.15) is 5.75 Å². The minimum absolute atomic E-state index is 0.0562. The zero-order valence-electron chi connectivity index (χ0n) is 18.2. The zero-order chi connectivity index (χ0) is 24.3. The fourth-order valence-corrected chi connectivity index (χ4v) is 5.09. The summed E-state index contributed by atoms with van der Waals surface area (Å²) in [5, 5.41) is 10.3. The van der Waals surface area contributed by atoms with Gasteiger partial charge in [-0.3, -0.25) is 10.1 Å². The van der Waals surface area contributed by atoms with Gasteiger partial charge >= 0.3 is 6.01 Å². The van der Waals surface area contributed by atoms with Crippen molar-refractivity contribution in [3.8, 4) is 17.2 Å². The van der Waals surface area contributed by atoms with E-state index in [0.29, 0.717) is 24.0 Å². The number of hydrogen-bond donors (Lipinski definition) is 1. The third-order valence-electron chi connectivity index (χ3n) is 5.42. The highest BCUT2D eigenvalue weighted by Crippen LogP contribution is 2.27. The summed E-state index contributed by atoms with van der Waals surface area (Å²) in [5.41, 5.74) is 0.659. The molecule has 2 aromatic carbocycles. The number of amides is 1. The fraction of sp³-hybridized carbons (Fsp3) is 0.318. The number of carbonyl (C=O) groups is 1. The molecule has 0 unspecified atom stereocenters. The van der Waals surface area contributed by atoms with E-state index >= 15 is 0 Å². The SMILES string of the molecule is CCOc1ccc(-c2nnc(NC(=O)C3CCN(S(=O)(=O)c4ccc(F)c(F)c4)CC3)o2)cc1. The number of carbonyl (C=O) groups excluding carboxylic acids is 1. The summed E-state index contributed by atoms with van der Waals surface area (Å²) < 4.78 is 64.1. The lowest BCUT2D eigenvalue weighted by Gasteiger charge is -2.30. The van der Waals surface area contributed by atoms with Crippen LogP contribution in [-0.4, -0.2) is 48.5 Å². The second-order valence-electron chi connectivity index (χ2n) is 7.61. The molecular formula is C22H22F2N4O5S. The molecule has 0 saturated carbocycles. The van der Waals surface area contributed by atoms with Crippen LogP contribution in [0.1, 0.15) is 19.8 Å². The van der Waals surface area contributed by atoms with Gasteiger partial charge in [-0.1, -0.05) is 5.10 Å².